The number of aliphatic imine (C=N–C) groups is 1. The third kappa shape index (κ3) is 4.93. The van der Waals surface area contributed by atoms with E-state index in [1.165, 1.54) is 11.8 Å². The summed E-state index contributed by atoms with van der Waals surface area (Å²) in [6.45, 7) is 2.65. The lowest BCUT2D eigenvalue weighted by atomic mass is 10.1. The van der Waals surface area contributed by atoms with Gasteiger partial charge >= 0.3 is 0 Å². The lowest BCUT2D eigenvalue weighted by molar-refractivity contribution is 0.354. The van der Waals surface area contributed by atoms with Gasteiger partial charge in [-0.2, -0.15) is 0 Å². The maximum Gasteiger partial charge on any atom is 0.161 e. The van der Waals surface area contributed by atoms with Crippen LogP contribution in [0.1, 0.15) is 16.7 Å². The maximum absolute atomic E-state index is 6.00. The van der Waals surface area contributed by atoms with Gasteiger partial charge in [-0.25, -0.2) is 0 Å². The Bertz CT molecular complexity index is 672. The van der Waals surface area contributed by atoms with Crippen LogP contribution in [0.2, 0.25) is 0 Å². The summed E-state index contributed by atoms with van der Waals surface area (Å²) in [4.78, 5) is 4.42. The quantitative estimate of drug-likeness (QED) is 0.647. The minimum atomic E-state index is 0.586. The number of ether oxygens (including phenoxy) is 2. The molecule has 0 aliphatic heterocycles. The van der Waals surface area contributed by atoms with E-state index in [4.69, 9.17) is 15.2 Å². The van der Waals surface area contributed by atoms with Gasteiger partial charge in [0, 0.05) is 5.75 Å². The minimum absolute atomic E-state index is 0.586. The van der Waals surface area contributed by atoms with Crippen molar-refractivity contribution in [1.82, 2.24) is 0 Å². The third-order valence-corrected chi connectivity index (χ3v) is 4.36. The number of nitrogens with zero attached hydrogens (tertiary/aromatic N) is 1. The zero-order valence-electron chi connectivity index (χ0n) is 13.7. The maximum atomic E-state index is 6.00. The second-order valence-corrected chi connectivity index (χ2v) is 6.06. The van der Waals surface area contributed by atoms with Crippen molar-refractivity contribution < 1.29 is 9.47 Å². The van der Waals surface area contributed by atoms with Gasteiger partial charge < -0.3 is 15.2 Å². The molecule has 0 fully saturated rings. The fraction of sp³-hybridized carbons (Fsp3) is 0.278. The molecule has 4 nitrogen and oxygen atoms in total. The molecule has 5 heteroatoms. The number of methoxy groups -OCH3 is 2. The van der Waals surface area contributed by atoms with E-state index in [0.717, 1.165) is 33.9 Å². The summed E-state index contributed by atoms with van der Waals surface area (Å²) >= 11 is 1.53. The van der Waals surface area contributed by atoms with Crippen LogP contribution in [0.3, 0.4) is 0 Å². The highest BCUT2D eigenvalue weighted by molar-refractivity contribution is 8.13. The molecule has 23 heavy (non-hydrogen) atoms. The number of thioether (sulfide) groups is 1. The van der Waals surface area contributed by atoms with Crippen molar-refractivity contribution in [2.75, 3.05) is 14.2 Å². The molecule has 0 unspecified atom stereocenters. The van der Waals surface area contributed by atoms with E-state index in [0.29, 0.717) is 11.7 Å². The van der Waals surface area contributed by atoms with Gasteiger partial charge in [0.25, 0.3) is 0 Å². The summed E-state index contributed by atoms with van der Waals surface area (Å²) in [5, 5.41) is 0.586. The largest absolute Gasteiger partial charge is 0.493 e. The molecule has 0 aliphatic carbocycles. The van der Waals surface area contributed by atoms with E-state index >= 15 is 0 Å². The predicted molar refractivity (Wildman–Crippen MR) is 97.3 cm³/mol. The Balaban J connectivity index is 1.99. The molecular formula is C18H22N2O2S. The first kappa shape index (κ1) is 17.2. The molecule has 0 heterocycles. The standard InChI is InChI=1S/C18H22N2O2S/c1-13-9-16(21-2)17(22-3)10-15(13)12-23-18(19)20-11-14-7-5-4-6-8-14/h4-10H,11-12H2,1-3H3,(H2,19,20). The number of rotatable bonds is 6. The zero-order valence-corrected chi connectivity index (χ0v) is 14.5. The van der Waals surface area contributed by atoms with Crippen molar-refractivity contribution in [2.24, 2.45) is 10.7 Å². The molecule has 0 amide bonds. The van der Waals surface area contributed by atoms with Crippen LogP contribution in [0.4, 0.5) is 0 Å². The number of aryl methyl sites for hydroxylation is 1. The number of nitrogens with two attached hydrogens (primary N) is 1. The predicted octanol–water partition coefficient (Wildman–Crippen LogP) is 3.76. The summed E-state index contributed by atoms with van der Waals surface area (Å²) < 4.78 is 10.7. The van der Waals surface area contributed by atoms with Crippen LogP contribution < -0.4 is 15.2 Å². The van der Waals surface area contributed by atoms with Crippen LogP contribution in [0, 0.1) is 6.92 Å². The lowest BCUT2D eigenvalue weighted by Gasteiger charge is -2.12. The summed E-state index contributed by atoms with van der Waals surface area (Å²) in [7, 11) is 3.28. The fourth-order valence-corrected chi connectivity index (χ4v) is 2.90. The van der Waals surface area contributed by atoms with Crippen molar-refractivity contribution >= 4 is 16.9 Å². The topological polar surface area (TPSA) is 56.8 Å². The highest BCUT2D eigenvalue weighted by Crippen LogP contribution is 2.31. The Kier molecular flexibility index (Phi) is 6.35. The Morgan fingerprint density at radius 2 is 1.74 bits per heavy atom. The number of amidine groups is 1. The summed E-state index contributed by atoms with van der Waals surface area (Å²) in [6.07, 6.45) is 0. The van der Waals surface area contributed by atoms with Crippen molar-refractivity contribution in [3.63, 3.8) is 0 Å². The van der Waals surface area contributed by atoms with Crippen LogP contribution in [0.5, 0.6) is 11.5 Å². The van der Waals surface area contributed by atoms with E-state index in [1.54, 1.807) is 14.2 Å². The minimum Gasteiger partial charge on any atom is -0.493 e. The van der Waals surface area contributed by atoms with Crippen molar-refractivity contribution in [2.45, 2.75) is 19.2 Å². The van der Waals surface area contributed by atoms with Gasteiger partial charge in [-0.3, -0.25) is 4.99 Å². The summed E-state index contributed by atoms with van der Waals surface area (Å²) in [5.74, 6) is 2.22. The lowest BCUT2D eigenvalue weighted by Crippen LogP contribution is -2.08. The Morgan fingerprint density at radius 3 is 2.39 bits per heavy atom. The highest BCUT2D eigenvalue weighted by atomic mass is 32.2. The van der Waals surface area contributed by atoms with Crippen LogP contribution in [0.15, 0.2) is 47.5 Å². The van der Waals surface area contributed by atoms with Gasteiger partial charge in [0.05, 0.1) is 20.8 Å². The SMILES string of the molecule is COc1cc(C)c(CSC(N)=NCc2ccccc2)cc1OC. The molecular weight excluding hydrogens is 308 g/mol. The van der Waals surface area contributed by atoms with Crippen LogP contribution in [0.25, 0.3) is 0 Å². The third-order valence-electron chi connectivity index (χ3n) is 3.48. The highest BCUT2D eigenvalue weighted by Gasteiger charge is 2.09. The molecule has 0 spiro atoms. The normalized spacial score (nSPS) is 11.3. The molecule has 2 rings (SSSR count). The molecule has 0 bridgehead atoms. The monoisotopic (exact) mass is 330 g/mol. The molecule has 0 radical (unpaired) electrons. The summed E-state index contributed by atoms with van der Waals surface area (Å²) in [5.41, 5.74) is 9.46. The van der Waals surface area contributed by atoms with Gasteiger partial charge in [-0.15, -0.1) is 0 Å². The van der Waals surface area contributed by atoms with Crippen molar-refractivity contribution in [3.05, 3.63) is 59.2 Å². The van der Waals surface area contributed by atoms with E-state index in [1.807, 2.05) is 42.5 Å². The second kappa shape index (κ2) is 8.48. The molecule has 0 saturated heterocycles. The smallest absolute Gasteiger partial charge is 0.161 e. The van der Waals surface area contributed by atoms with E-state index in [-0.39, 0.29) is 0 Å². The average molecular weight is 330 g/mol. The van der Waals surface area contributed by atoms with Gasteiger partial charge in [-0.1, -0.05) is 42.1 Å². The Labute approximate surface area is 141 Å². The van der Waals surface area contributed by atoms with Gasteiger partial charge in [0.15, 0.2) is 16.7 Å². The Hall–Kier alpha value is -2.14. The van der Waals surface area contributed by atoms with Gasteiger partial charge in [0.2, 0.25) is 0 Å². The van der Waals surface area contributed by atoms with Gasteiger partial charge in [-0.05, 0) is 35.7 Å². The van der Waals surface area contributed by atoms with Crippen molar-refractivity contribution in [1.29, 1.82) is 0 Å². The molecule has 0 aromatic heterocycles. The first-order valence-corrected chi connectivity index (χ1v) is 8.30. The fourth-order valence-electron chi connectivity index (χ4n) is 2.13. The zero-order chi connectivity index (χ0) is 16.7. The van der Waals surface area contributed by atoms with Crippen LogP contribution in [-0.4, -0.2) is 19.4 Å². The molecule has 122 valence electrons. The average Bonchev–Trinajstić information content (AvgIpc) is 2.59. The van der Waals surface area contributed by atoms with Crippen LogP contribution >= 0.6 is 11.8 Å². The van der Waals surface area contributed by atoms with E-state index in [9.17, 15) is 0 Å². The van der Waals surface area contributed by atoms with E-state index in [2.05, 4.69) is 11.9 Å². The number of hydrogen-bond acceptors (Lipinski definition) is 4. The first-order valence-electron chi connectivity index (χ1n) is 7.32. The van der Waals surface area contributed by atoms with Crippen LogP contribution in [-0.2, 0) is 12.3 Å². The first-order chi connectivity index (χ1) is 11.1. The van der Waals surface area contributed by atoms with E-state index < -0.39 is 0 Å². The number of benzene rings is 2. The second-order valence-electron chi connectivity index (χ2n) is 5.06. The molecule has 0 saturated carbocycles. The van der Waals surface area contributed by atoms with Gasteiger partial charge in [0.1, 0.15) is 0 Å². The molecule has 2 N–H and O–H groups in total. The van der Waals surface area contributed by atoms with Crippen molar-refractivity contribution in [3.8, 4) is 11.5 Å². The summed E-state index contributed by atoms with van der Waals surface area (Å²) in [6, 6.07) is 14.0. The number of hydrogen-bond donors (Lipinski definition) is 1. The molecule has 0 atom stereocenters. The molecule has 2 aromatic carbocycles. The molecule has 2 aromatic rings. The Morgan fingerprint density at radius 1 is 1.09 bits per heavy atom. The molecule has 0 aliphatic rings.